The number of unbranched alkanes of at least 4 members (excludes halogenated alkanes) is 1. The van der Waals surface area contributed by atoms with Crippen molar-refractivity contribution >= 4 is 17.3 Å². The van der Waals surface area contributed by atoms with Crippen molar-refractivity contribution in [2.45, 2.75) is 47.0 Å². The number of amides is 1. The van der Waals surface area contributed by atoms with Crippen LogP contribution in [0.4, 0.5) is 0 Å². The summed E-state index contributed by atoms with van der Waals surface area (Å²) in [6, 6.07) is 2.64. The highest BCUT2D eigenvalue weighted by Gasteiger charge is 2.37. The largest absolute Gasteiger partial charge is 0.504 e. The molecule has 0 spiro atoms. The molecule has 5 nitrogen and oxygen atoms in total. The third-order valence-corrected chi connectivity index (χ3v) is 3.88. The molecule has 3 N–H and O–H groups in total. The quantitative estimate of drug-likeness (QED) is 0.743. The molecule has 0 fully saturated rings. The van der Waals surface area contributed by atoms with Gasteiger partial charge in [-0.3, -0.25) is 9.59 Å². The molecule has 0 aromatic heterocycles. The Morgan fingerprint density at radius 1 is 1.13 bits per heavy atom. The summed E-state index contributed by atoms with van der Waals surface area (Å²) < 4.78 is 0. The molecule has 1 amide bonds. The second kappa shape index (κ2) is 6.07. The molecule has 0 aliphatic heterocycles. The number of hydrogen-bond acceptors (Lipinski definition) is 4. The predicted molar refractivity (Wildman–Crippen MR) is 88.1 cm³/mol. The Bertz CT molecular complexity index is 696. The first kappa shape index (κ1) is 17.1. The zero-order valence-electron chi connectivity index (χ0n) is 14.0. The van der Waals surface area contributed by atoms with E-state index in [4.69, 9.17) is 0 Å². The van der Waals surface area contributed by atoms with Gasteiger partial charge in [0.05, 0.1) is 5.70 Å². The summed E-state index contributed by atoms with van der Waals surface area (Å²) in [5.41, 5.74) is 1.38. The highest BCUT2D eigenvalue weighted by molar-refractivity contribution is 6.22. The average molecular weight is 317 g/mol. The molecular weight excluding hydrogens is 294 g/mol. The molecule has 2 rings (SSSR count). The van der Waals surface area contributed by atoms with Crippen LogP contribution in [0, 0.1) is 5.41 Å². The fraction of sp³-hybridized carbons (Fsp3) is 0.444. The standard InChI is InChI=1S/C18H23NO4/c1-5-6-7-14(22)19-16-15(18(2,3)4)10-8-12(20)13(21)9-11(10)17(16)23/h8-9,20-21H,5-7H2,1-4H3,(H,19,22,23). The van der Waals surface area contributed by atoms with Gasteiger partial charge >= 0.3 is 0 Å². The van der Waals surface area contributed by atoms with Crippen molar-refractivity contribution in [3.63, 3.8) is 0 Å². The summed E-state index contributed by atoms with van der Waals surface area (Å²) in [6.45, 7) is 7.81. The smallest absolute Gasteiger partial charge is 0.224 e. The number of rotatable bonds is 4. The third-order valence-electron chi connectivity index (χ3n) is 3.88. The molecule has 0 bridgehead atoms. The number of nitrogens with one attached hydrogen (secondary N) is 1. The molecule has 1 aliphatic rings. The second-order valence-corrected chi connectivity index (χ2v) is 6.87. The Morgan fingerprint density at radius 3 is 2.22 bits per heavy atom. The summed E-state index contributed by atoms with van der Waals surface area (Å²) in [7, 11) is 0. The molecule has 124 valence electrons. The van der Waals surface area contributed by atoms with E-state index in [0.29, 0.717) is 23.1 Å². The van der Waals surface area contributed by atoms with Crippen LogP contribution in [-0.4, -0.2) is 21.9 Å². The summed E-state index contributed by atoms with van der Waals surface area (Å²) in [5.74, 6) is -1.15. The van der Waals surface area contributed by atoms with Crippen LogP contribution in [0.2, 0.25) is 0 Å². The van der Waals surface area contributed by atoms with Crippen LogP contribution in [-0.2, 0) is 4.79 Å². The SMILES string of the molecule is CCCCC(=O)NC1=C(C(C)(C)C)c2cc(O)c(O)cc2C1=O. The Hall–Kier alpha value is -2.30. The van der Waals surface area contributed by atoms with Gasteiger partial charge in [-0.25, -0.2) is 0 Å². The highest BCUT2D eigenvalue weighted by atomic mass is 16.3. The average Bonchev–Trinajstić information content (AvgIpc) is 2.70. The van der Waals surface area contributed by atoms with Gasteiger partial charge in [-0.05, 0) is 35.1 Å². The Kier molecular flexibility index (Phi) is 4.50. The van der Waals surface area contributed by atoms with Gasteiger partial charge in [0, 0.05) is 12.0 Å². The maximum Gasteiger partial charge on any atom is 0.224 e. The van der Waals surface area contributed by atoms with Gasteiger partial charge in [0.1, 0.15) is 0 Å². The van der Waals surface area contributed by atoms with Crippen LogP contribution >= 0.6 is 0 Å². The molecule has 1 aliphatic carbocycles. The lowest BCUT2D eigenvalue weighted by Gasteiger charge is -2.23. The first-order valence-electron chi connectivity index (χ1n) is 7.82. The van der Waals surface area contributed by atoms with Crippen LogP contribution in [0.15, 0.2) is 17.8 Å². The van der Waals surface area contributed by atoms with Gasteiger partial charge in [-0.1, -0.05) is 34.1 Å². The number of allylic oxidation sites excluding steroid dienone is 2. The maximum atomic E-state index is 12.7. The minimum absolute atomic E-state index is 0.196. The van der Waals surface area contributed by atoms with Crippen LogP contribution in [0.3, 0.4) is 0 Å². The van der Waals surface area contributed by atoms with Gasteiger partial charge in [-0.2, -0.15) is 0 Å². The number of fused-ring (bicyclic) bond motifs is 1. The number of carbonyl (C=O) groups is 2. The number of hydrogen-bond donors (Lipinski definition) is 3. The van der Waals surface area contributed by atoms with Crippen molar-refractivity contribution in [2.24, 2.45) is 5.41 Å². The van der Waals surface area contributed by atoms with Crippen LogP contribution in [0.25, 0.3) is 5.57 Å². The number of carbonyl (C=O) groups excluding carboxylic acids is 2. The second-order valence-electron chi connectivity index (χ2n) is 6.87. The number of Topliss-reactive ketones (excluding diaryl/α,β-unsaturated/α-hetero) is 1. The molecule has 23 heavy (non-hydrogen) atoms. The molecule has 1 aromatic carbocycles. The Morgan fingerprint density at radius 2 is 1.70 bits per heavy atom. The van der Waals surface area contributed by atoms with Crippen molar-refractivity contribution in [3.8, 4) is 11.5 Å². The minimum atomic E-state index is -0.405. The first-order valence-corrected chi connectivity index (χ1v) is 7.82. The number of ketones is 1. The van der Waals surface area contributed by atoms with E-state index in [-0.39, 0.29) is 28.9 Å². The van der Waals surface area contributed by atoms with Gasteiger partial charge in [-0.15, -0.1) is 0 Å². The van der Waals surface area contributed by atoms with E-state index in [0.717, 1.165) is 12.8 Å². The lowest BCUT2D eigenvalue weighted by Crippen LogP contribution is -2.27. The third kappa shape index (κ3) is 3.23. The zero-order valence-corrected chi connectivity index (χ0v) is 14.0. The summed E-state index contributed by atoms with van der Waals surface area (Å²) in [4.78, 5) is 24.7. The number of aromatic hydroxyl groups is 2. The van der Waals surface area contributed by atoms with E-state index in [9.17, 15) is 19.8 Å². The van der Waals surface area contributed by atoms with Gasteiger partial charge in [0.2, 0.25) is 11.7 Å². The number of phenols is 2. The molecule has 0 unspecified atom stereocenters. The normalized spacial score (nSPS) is 14.2. The Labute approximate surface area is 136 Å². The van der Waals surface area contributed by atoms with Crippen molar-refractivity contribution in [1.29, 1.82) is 0 Å². The molecule has 0 atom stereocenters. The monoisotopic (exact) mass is 317 g/mol. The van der Waals surface area contributed by atoms with Crippen molar-refractivity contribution in [1.82, 2.24) is 5.32 Å². The van der Waals surface area contributed by atoms with E-state index >= 15 is 0 Å². The maximum absolute atomic E-state index is 12.7. The molecule has 0 saturated carbocycles. The summed E-state index contributed by atoms with van der Waals surface area (Å²) in [6.07, 6.45) is 2.01. The van der Waals surface area contributed by atoms with Crippen LogP contribution in [0.1, 0.15) is 62.9 Å². The molecular formula is C18H23NO4. The number of benzene rings is 1. The van der Waals surface area contributed by atoms with E-state index in [2.05, 4.69) is 5.32 Å². The highest BCUT2D eigenvalue weighted by Crippen LogP contribution is 2.46. The van der Waals surface area contributed by atoms with E-state index < -0.39 is 5.41 Å². The minimum Gasteiger partial charge on any atom is -0.504 e. The predicted octanol–water partition coefficient (Wildman–Crippen LogP) is 3.36. The van der Waals surface area contributed by atoms with Crippen molar-refractivity contribution < 1.29 is 19.8 Å². The van der Waals surface area contributed by atoms with E-state index in [1.165, 1.54) is 12.1 Å². The Balaban J connectivity index is 2.51. The molecule has 0 heterocycles. The number of phenolic OH excluding ortho intramolecular Hbond substituents is 2. The summed E-state index contributed by atoms with van der Waals surface area (Å²) in [5, 5.41) is 22.2. The van der Waals surface area contributed by atoms with Gasteiger partial charge < -0.3 is 15.5 Å². The van der Waals surface area contributed by atoms with Gasteiger partial charge in [0.25, 0.3) is 0 Å². The fourth-order valence-electron chi connectivity index (χ4n) is 2.79. The van der Waals surface area contributed by atoms with E-state index in [1.54, 1.807) is 0 Å². The molecule has 0 saturated heterocycles. The molecule has 1 aromatic rings. The van der Waals surface area contributed by atoms with Crippen molar-refractivity contribution in [3.05, 3.63) is 29.0 Å². The molecule has 5 heteroatoms. The summed E-state index contributed by atoms with van der Waals surface area (Å²) >= 11 is 0. The van der Waals surface area contributed by atoms with E-state index in [1.807, 2.05) is 27.7 Å². The fourth-order valence-corrected chi connectivity index (χ4v) is 2.79. The molecule has 0 radical (unpaired) electrons. The lowest BCUT2D eigenvalue weighted by atomic mass is 9.82. The van der Waals surface area contributed by atoms with Crippen LogP contribution < -0.4 is 5.32 Å². The lowest BCUT2D eigenvalue weighted by molar-refractivity contribution is -0.120. The van der Waals surface area contributed by atoms with Crippen molar-refractivity contribution in [2.75, 3.05) is 0 Å². The topological polar surface area (TPSA) is 86.6 Å². The van der Waals surface area contributed by atoms with Gasteiger partial charge in [0.15, 0.2) is 11.5 Å². The van der Waals surface area contributed by atoms with Crippen LogP contribution in [0.5, 0.6) is 11.5 Å². The zero-order chi connectivity index (χ0) is 17.4. The first-order chi connectivity index (χ1) is 10.7.